The highest BCUT2D eigenvalue weighted by Gasteiger charge is 2.27. The first-order valence-corrected chi connectivity index (χ1v) is 49.9. The summed E-state index contributed by atoms with van der Waals surface area (Å²) in [5, 5.41) is 0. The molecule has 0 aliphatic heterocycles. The van der Waals surface area contributed by atoms with Crippen LogP contribution in [-0.2, 0) is 92.1 Å². The molecule has 13 aromatic rings. The Balaban J connectivity index is 0.000000140. The van der Waals surface area contributed by atoms with E-state index >= 15 is 0 Å². The number of rotatable bonds is 24. The van der Waals surface area contributed by atoms with Crippen LogP contribution in [0.5, 0.6) is 0 Å². The van der Waals surface area contributed by atoms with Gasteiger partial charge in [-0.1, -0.05) is 150 Å². The molecule has 24 nitrogen and oxygen atoms in total. The maximum Gasteiger partial charge on any atom is 0.272 e. The molecule has 0 spiro atoms. The van der Waals surface area contributed by atoms with Crippen molar-refractivity contribution in [2.75, 3.05) is 29.7 Å². The maximum absolute atomic E-state index is 13.0. The number of Topliss-reactive ketones (excluding diaryl/α,β-unsaturated/α-hetero) is 2. The molecule has 0 unspecified atom stereocenters. The molecule has 0 amide bonds. The lowest BCUT2D eigenvalue weighted by atomic mass is 9.83. The summed E-state index contributed by atoms with van der Waals surface area (Å²) >= 11 is 0. The van der Waals surface area contributed by atoms with Gasteiger partial charge in [-0.3, -0.25) is 38.5 Å². The molecule has 3 fully saturated rings. The first-order valence-electron chi connectivity index (χ1n) is 41.8. The second-order valence-corrected chi connectivity index (χ2v) is 41.9. The zero-order chi connectivity index (χ0) is 87.0. The Kier molecular flexibility index (Phi) is 27.7. The number of pyridine rings is 1. The van der Waals surface area contributed by atoms with Crippen LogP contribution in [-0.4, -0.2) is 113 Å². The number of hydrogen-bond donors (Lipinski definition) is 5. The van der Waals surface area contributed by atoms with Crippen molar-refractivity contribution in [3.63, 3.8) is 0 Å². The predicted molar refractivity (Wildman–Crippen MR) is 484 cm³/mol. The SMILES string of the molecule is Cc1cc(-c2cc(CS(C)(=O)=O)ccc2CC(=O)C2CCCCC2)n2cc[nH]c(=O)c12.Cc1cc(-c2cc(CS(C)(=O)=O)ccc2CC(=O)CC2CCCCC2)n2cc[nH]c(=O)c12.Cc1cc(-c2cc(CS(C)(=O)=O)ccc2CCC2CCCCC2)n2cc[nH]c(=O)c12.Cc1cc(-c2cc(NS(C)(=O)=O)cnc2Cc2ccccc2)n2cc[nH]c(=O)c12. The van der Waals surface area contributed by atoms with Gasteiger partial charge in [-0.05, 0) is 175 Å². The van der Waals surface area contributed by atoms with Crippen molar-refractivity contribution in [3.05, 3.63) is 279 Å². The molecule has 5 N–H and O–H groups in total. The van der Waals surface area contributed by atoms with E-state index in [1.165, 1.54) is 88.3 Å². The van der Waals surface area contributed by atoms with Gasteiger partial charge in [-0.25, -0.2) is 33.7 Å². The standard InChI is InChI=1S/C25H30N2O4S.C24H28N2O4S.C24H30N2O3S.C21H20N4O3S/c1-17-12-23(27-11-10-26-25(29)24(17)27)22-14-19(16-32(2,30)31)8-9-20(22)15-21(28)13-18-6-4-3-5-7-18;1-16-12-21(26-11-10-25-24(28)23(16)26)20-13-17(15-31(2,29)30)8-9-19(20)14-22(27)18-6-4-3-5-7-18;1-17-14-22(26-13-12-25-24(27)23(17)26)21-15-19(16-30(2,28)29)9-11-20(21)10-8-18-6-4-3-5-7-18;1-14-10-19(25-9-8-22-21(26)20(14)25)17-12-16(24-29(2,27)28)13-23-18(17)11-15-6-4-3-5-7-15/h8-12,14,18H,3-7,13,15-16H2,1-2H3,(H,26,29);8-13,18H,3-7,14-15H2,1-2H3,(H,25,28);9,11-15,18H,3-8,10,16H2,1-2H3,(H,25,27);3-10,12-13,24H,11H2,1-2H3,(H,22,26). The van der Waals surface area contributed by atoms with Crippen LogP contribution >= 0.6 is 0 Å². The Hall–Kier alpha value is -11.1. The molecule has 4 aromatic carbocycles. The third kappa shape index (κ3) is 22.4. The van der Waals surface area contributed by atoms with Crippen molar-refractivity contribution < 1.29 is 43.3 Å². The Labute approximate surface area is 711 Å². The van der Waals surface area contributed by atoms with Crippen molar-refractivity contribution >= 4 is 78.9 Å². The molecule has 9 heterocycles. The number of nitrogens with one attached hydrogen (secondary N) is 5. The maximum atomic E-state index is 13.0. The van der Waals surface area contributed by atoms with Crippen LogP contribution < -0.4 is 27.0 Å². The lowest BCUT2D eigenvalue weighted by Gasteiger charge is -2.22. The molecule has 16 rings (SSSR count). The molecule has 642 valence electrons. The minimum absolute atomic E-state index is 0.0196. The zero-order valence-electron chi connectivity index (χ0n) is 70.5. The molecule has 28 heteroatoms. The Morgan fingerprint density at radius 3 is 1.19 bits per heavy atom. The van der Waals surface area contributed by atoms with Crippen molar-refractivity contribution in [2.45, 2.75) is 180 Å². The van der Waals surface area contributed by atoms with Gasteiger partial charge in [-0.2, -0.15) is 0 Å². The minimum atomic E-state index is -3.44. The van der Waals surface area contributed by atoms with Crippen LogP contribution in [0.4, 0.5) is 5.69 Å². The smallest absolute Gasteiger partial charge is 0.272 e. The van der Waals surface area contributed by atoms with Crippen molar-refractivity contribution in [3.8, 4) is 45.0 Å². The molecular weight excluding hydrogens is 1620 g/mol. The van der Waals surface area contributed by atoms with Gasteiger partial charge in [0, 0.05) is 122 Å². The molecule has 0 saturated heterocycles. The van der Waals surface area contributed by atoms with E-state index in [1.54, 1.807) is 61.6 Å². The van der Waals surface area contributed by atoms with Gasteiger partial charge in [0.2, 0.25) is 10.0 Å². The van der Waals surface area contributed by atoms with Crippen LogP contribution in [0, 0.1) is 45.4 Å². The number of sulfone groups is 3. The second-order valence-electron chi connectivity index (χ2n) is 33.8. The van der Waals surface area contributed by atoms with E-state index in [2.05, 4.69) is 35.7 Å². The molecular formula is C94H108N10O14S4. The first-order chi connectivity index (χ1) is 58.1. The number of sulfonamides is 1. The summed E-state index contributed by atoms with van der Waals surface area (Å²) in [6, 6.07) is 36.5. The summed E-state index contributed by atoms with van der Waals surface area (Å²) in [6.07, 6.45) is 41.7. The van der Waals surface area contributed by atoms with E-state index in [0.717, 1.165) is 159 Å². The lowest BCUT2D eigenvalue weighted by molar-refractivity contribution is -0.123. The molecule has 3 aliphatic rings. The van der Waals surface area contributed by atoms with Crippen molar-refractivity contribution in [1.29, 1.82) is 0 Å². The Morgan fingerprint density at radius 2 is 0.787 bits per heavy atom. The number of fused-ring (bicyclic) bond motifs is 4. The molecule has 0 bridgehead atoms. The fourth-order valence-corrected chi connectivity index (χ4v) is 20.9. The van der Waals surface area contributed by atoms with E-state index in [0.29, 0.717) is 70.5 Å². The number of H-pyrrole nitrogens is 4. The van der Waals surface area contributed by atoms with Crippen molar-refractivity contribution in [1.82, 2.24) is 42.5 Å². The number of aromatic amines is 4. The molecule has 0 atom stereocenters. The predicted octanol–water partition coefficient (Wildman–Crippen LogP) is 15.7. The highest BCUT2D eigenvalue weighted by molar-refractivity contribution is 7.92. The molecule has 3 aliphatic carbocycles. The number of ketones is 2. The number of aromatic nitrogens is 9. The van der Waals surface area contributed by atoms with Gasteiger partial charge < -0.3 is 37.5 Å². The number of anilines is 1. The molecule has 0 radical (unpaired) electrons. The summed E-state index contributed by atoms with van der Waals surface area (Å²) in [5.74, 6) is 1.68. The van der Waals surface area contributed by atoms with Gasteiger partial charge in [0.1, 0.15) is 33.6 Å². The summed E-state index contributed by atoms with van der Waals surface area (Å²) in [5.41, 5.74) is 19.1. The van der Waals surface area contributed by atoms with Crippen LogP contribution in [0.1, 0.15) is 176 Å². The topological polar surface area (TPSA) is 345 Å². The van der Waals surface area contributed by atoms with Gasteiger partial charge in [0.05, 0.1) is 63.9 Å². The molecule has 9 aromatic heterocycles. The summed E-state index contributed by atoms with van der Waals surface area (Å²) in [7, 11) is -13.0. The quantitative estimate of drug-likeness (QED) is 0.0375. The van der Waals surface area contributed by atoms with E-state index in [9.17, 15) is 62.4 Å². The number of aryl methyl sites for hydroxylation is 5. The number of benzene rings is 4. The third-order valence-corrected chi connectivity index (χ3v) is 26.7. The average Bonchev–Trinajstić information content (AvgIpc) is 1.63. The number of carbonyl (C=O) groups excluding carboxylic acids is 2. The van der Waals surface area contributed by atoms with Gasteiger partial charge in [-0.15, -0.1) is 0 Å². The zero-order valence-corrected chi connectivity index (χ0v) is 73.7. The van der Waals surface area contributed by atoms with Crippen LogP contribution in [0.15, 0.2) is 190 Å². The third-order valence-electron chi connectivity index (χ3n) is 23.5. The minimum Gasteiger partial charge on any atom is -0.326 e. The van der Waals surface area contributed by atoms with E-state index in [-0.39, 0.29) is 57.0 Å². The number of carbonyl (C=O) groups is 2. The fraction of sp³-hybridized carbons (Fsp3) is 0.372. The van der Waals surface area contributed by atoms with Crippen molar-refractivity contribution in [2.24, 2.45) is 17.8 Å². The lowest BCUT2D eigenvalue weighted by Crippen LogP contribution is -2.20. The van der Waals surface area contributed by atoms with E-state index < -0.39 is 39.5 Å². The highest BCUT2D eigenvalue weighted by atomic mass is 32.2. The van der Waals surface area contributed by atoms with Crippen LogP contribution in [0.3, 0.4) is 0 Å². The number of nitrogens with zero attached hydrogens (tertiary/aromatic N) is 5. The van der Waals surface area contributed by atoms with Gasteiger partial charge >= 0.3 is 0 Å². The second kappa shape index (κ2) is 38.1. The Morgan fingerprint density at radius 1 is 0.418 bits per heavy atom. The van der Waals surface area contributed by atoms with Crippen LogP contribution in [0.2, 0.25) is 0 Å². The normalized spacial score (nSPS) is 14.6. The summed E-state index contributed by atoms with van der Waals surface area (Å²) < 4.78 is 105. The van der Waals surface area contributed by atoms with Gasteiger partial charge in [0.15, 0.2) is 29.5 Å². The molecule has 122 heavy (non-hydrogen) atoms. The Bertz CT molecular complexity index is 6810. The monoisotopic (exact) mass is 1730 g/mol. The van der Waals surface area contributed by atoms with Crippen LogP contribution in [0.25, 0.3) is 67.1 Å². The highest BCUT2D eigenvalue weighted by Crippen LogP contribution is 2.38. The largest absolute Gasteiger partial charge is 0.326 e. The summed E-state index contributed by atoms with van der Waals surface area (Å²) in [4.78, 5) is 90.8. The number of hydrogen-bond acceptors (Lipinski definition) is 15. The fourth-order valence-electron chi connectivity index (χ4n) is 18.0. The molecule has 3 saturated carbocycles. The van der Waals surface area contributed by atoms with Gasteiger partial charge in [0.25, 0.3) is 22.2 Å². The van der Waals surface area contributed by atoms with E-state index in [4.69, 9.17) is 0 Å². The average molecular weight is 1730 g/mol. The summed E-state index contributed by atoms with van der Waals surface area (Å²) in [6.45, 7) is 7.57. The van der Waals surface area contributed by atoms with E-state index in [1.807, 2.05) is 142 Å². The first kappa shape index (κ1) is 88.7.